The number of rotatable bonds is 6. The normalized spacial score (nSPS) is 12.2. The van der Waals surface area contributed by atoms with E-state index in [-0.39, 0.29) is 11.7 Å². The summed E-state index contributed by atoms with van der Waals surface area (Å²) < 4.78 is 24.2. The summed E-state index contributed by atoms with van der Waals surface area (Å²) >= 11 is 0. The van der Waals surface area contributed by atoms with Gasteiger partial charge in [-0.3, -0.25) is 4.79 Å². The number of halogens is 1. The van der Waals surface area contributed by atoms with Crippen LogP contribution in [0.5, 0.6) is 5.75 Å². The maximum atomic E-state index is 13.4. The molecule has 6 heteroatoms. The highest BCUT2D eigenvalue weighted by molar-refractivity contribution is 5.92. The van der Waals surface area contributed by atoms with Crippen LogP contribution in [0, 0.1) is 5.82 Å². The van der Waals surface area contributed by atoms with E-state index in [9.17, 15) is 9.18 Å². The highest BCUT2D eigenvalue weighted by Crippen LogP contribution is 2.25. The van der Waals surface area contributed by atoms with Gasteiger partial charge in [-0.05, 0) is 47.5 Å². The Hall–Kier alpha value is -3.93. The Morgan fingerprint density at radius 2 is 1.70 bits per heavy atom. The maximum absolute atomic E-state index is 13.4. The lowest BCUT2D eigenvalue weighted by atomic mass is 9.98. The van der Waals surface area contributed by atoms with Crippen LogP contribution in [0.3, 0.4) is 0 Å². The van der Waals surface area contributed by atoms with Crippen molar-refractivity contribution < 1.29 is 18.3 Å². The van der Waals surface area contributed by atoms with Gasteiger partial charge in [0.05, 0.1) is 13.2 Å². The summed E-state index contributed by atoms with van der Waals surface area (Å²) in [5.41, 5.74) is 2.97. The van der Waals surface area contributed by atoms with Crippen LogP contribution in [0.4, 0.5) is 4.39 Å². The Kier molecular flexibility index (Phi) is 5.57. The third kappa shape index (κ3) is 4.38. The van der Waals surface area contributed by atoms with Gasteiger partial charge in [0, 0.05) is 12.2 Å². The molecule has 5 nitrogen and oxygen atoms in total. The molecule has 4 rings (SSSR count). The summed E-state index contributed by atoms with van der Waals surface area (Å²) in [6.45, 7) is 0. The molecule has 1 aromatic heterocycles. The molecule has 1 atom stereocenters. The number of methoxy groups -OCH3 is 1. The number of fused-ring (bicyclic) bond motifs is 1. The van der Waals surface area contributed by atoms with E-state index < -0.39 is 6.04 Å². The van der Waals surface area contributed by atoms with Crippen LogP contribution in [-0.4, -0.2) is 18.0 Å². The van der Waals surface area contributed by atoms with Gasteiger partial charge in [0.15, 0.2) is 5.58 Å². The van der Waals surface area contributed by atoms with E-state index in [2.05, 4.69) is 10.3 Å². The minimum Gasteiger partial charge on any atom is -0.497 e. The molecule has 150 valence electrons. The van der Waals surface area contributed by atoms with E-state index in [1.54, 1.807) is 19.2 Å². The van der Waals surface area contributed by atoms with Crippen molar-refractivity contribution in [1.82, 2.24) is 10.3 Å². The molecule has 0 fully saturated rings. The molecule has 0 aliphatic heterocycles. The number of carbonyl (C=O) groups excluding carboxylic acids is 1. The molecule has 0 aliphatic carbocycles. The quantitative estimate of drug-likeness (QED) is 0.466. The van der Waals surface area contributed by atoms with Gasteiger partial charge in [-0.15, -0.1) is 0 Å². The first-order valence-electron chi connectivity index (χ1n) is 9.36. The highest BCUT2D eigenvalue weighted by Gasteiger charge is 2.16. The second kappa shape index (κ2) is 8.61. The molecule has 1 unspecified atom stereocenters. The number of para-hydroxylation sites is 2. The minimum absolute atomic E-state index is 0.331. The fourth-order valence-electron chi connectivity index (χ4n) is 3.11. The summed E-state index contributed by atoms with van der Waals surface area (Å²) in [6, 6.07) is 20.3. The Labute approximate surface area is 172 Å². The Bertz CT molecular complexity index is 1150. The average molecular weight is 402 g/mol. The number of hydrogen-bond donors (Lipinski definition) is 1. The van der Waals surface area contributed by atoms with E-state index in [0.717, 1.165) is 16.6 Å². The molecule has 0 saturated heterocycles. The third-order valence-electron chi connectivity index (χ3n) is 4.63. The number of carbonyl (C=O) groups is 1. The monoisotopic (exact) mass is 402 g/mol. The van der Waals surface area contributed by atoms with Crippen LogP contribution in [-0.2, 0) is 4.79 Å². The highest BCUT2D eigenvalue weighted by atomic mass is 19.1. The van der Waals surface area contributed by atoms with Crippen molar-refractivity contribution in [2.75, 3.05) is 7.11 Å². The number of nitrogens with zero attached hydrogens (tertiary/aromatic N) is 1. The molecule has 4 aromatic rings. The van der Waals surface area contributed by atoms with Gasteiger partial charge >= 0.3 is 0 Å². The molecule has 1 heterocycles. The fourth-order valence-corrected chi connectivity index (χ4v) is 3.11. The van der Waals surface area contributed by atoms with Crippen LogP contribution < -0.4 is 10.1 Å². The van der Waals surface area contributed by atoms with Gasteiger partial charge in [-0.25, -0.2) is 9.37 Å². The van der Waals surface area contributed by atoms with Gasteiger partial charge in [-0.1, -0.05) is 36.4 Å². The minimum atomic E-state index is -0.461. The second-order valence-corrected chi connectivity index (χ2v) is 6.62. The van der Waals surface area contributed by atoms with E-state index in [0.29, 0.717) is 17.2 Å². The summed E-state index contributed by atoms with van der Waals surface area (Å²) in [7, 11) is 1.59. The number of nitrogens with one attached hydrogen (secondary N) is 1. The number of ether oxygens (including phenoxy) is 1. The van der Waals surface area contributed by atoms with Crippen molar-refractivity contribution in [3.05, 3.63) is 102 Å². The summed E-state index contributed by atoms with van der Waals surface area (Å²) in [4.78, 5) is 16.9. The van der Waals surface area contributed by atoms with Gasteiger partial charge in [0.2, 0.25) is 11.8 Å². The molecule has 1 amide bonds. The number of aromatic nitrogens is 1. The molecule has 3 aromatic carbocycles. The largest absolute Gasteiger partial charge is 0.497 e. The number of oxazole rings is 1. The lowest BCUT2D eigenvalue weighted by molar-refractivity contribution is -0.116. The zero-order valence-corrected chi connectivity index (χ0v) is 16.2. The summed E-state index contributed by atoms with van der Waals surface area (Å²) in [6.07, 6.45) is 2.88. The van der Waals surface area contributed by atoms with Crippen molar-refractivity contribution in [3.63, 3.8) is 0 Å². The van der Waals surface area contributed by atoms with Crippen molar-refractivity contribution in [2.24, 2.45) is 0 Å². The van der Waals surface area contributed by atoms with E-state index in [4.69, 9.17) is 9.15 Å². The molecule has 0 saturated carbocycles. The Balaban J connectivity index is 1.56. The molecule has 0 bridgehead atoms. The first-order valence-corrected chi connectivity index (χ1v) is 9.36. The van der Waals surface area contributed by atoms with E-state index >= 15 is 0 Å². The number of hydrogen-bond acceptors (Lipinski definition) is 4. The van der Waals surface area contributed by atoms with Gasteiger partial charge in [0.25, 0.3) is 0 Å². The van der Waals surface area contributed by atoms with Gasteiger partial charge in [0.1, 0.15) is 17.1 Å². The van der Waals surface area contributed by atoms with Crippen LogP contribution >= 0.6 is 0 Å². The summed E-state index contributed by atoms with van der Waals surface area (Å²) in [5.74, 6) is 0.379. The molecule has 0 spiro atoms. The SMILES string of the molecule is COc1ccc(C(NC(=O)/C=C/c2nc3ccccc3o2)c2ccc(F)cc2)cc1. The van der Waals surface area contributed by atoms with Crippen molar-refractivity contribution in [1.29, 1.82) is 0 Å². The molecule has 1 N–H and O–H groups in total. The number of benzene rings is 3. The zero-order valence-electron chi connectivity index (χ0n) is 16.2. The number of amides is 1. The molecule has 30 heavy (non-hydrogen) atoms. The van der Waals surface area contributed by atoms with Crippen molar-refractivity contribution in [3.8, 4) is 5.75 Å². The fraction of sp³-hybridized carbons (Fsp3) is 0.0833. The predicted octanol–water partition coefficient (Wildman–Crippen LogP) is 4.89. The lowest BCUT2D eigenvalue weighted by Gasteiger charge is -2.19. The second-order valence-electron chi connectivity index (χ2n) is 6.62. The van der Waals surface area contributed by atoms with Crippen molar-refractivity contribution >= 4 is 23.1 Å². The first-order chi connectivity index (χ1) is 14.6. The lowest BCUT2D eigenvalue weighted by Crippen LogP contribution is -2.27. The van der Waals surface area contributed by atoms with Crippen LogP contribution in [0.1, 0.15) is 23.1 Å². The molecule has 0 radical (unpaired) electrons. The standard InChI is InChI=1S/C24H19FN2O3/c1-29-19-12-8-17(9-13-19)24(16-6-10-18(25)11-7-16)27-22(28)14-15-23-26-20-4-2-3-5-21(20)30-23/h2-15,24H,1H3,(H,27,28)/b15-14+. The van der Waals surface area contributed by atoms with E-state index in [1.165, 1.54) is 24.3 Å². The van der Waals surface area contributed by atoms with E-state index in [1.807, 2.05) is 48.5 Å². The average Bonchev–Trinajstić information content (AvgIpc) is 3.20. The summed E-state index contributed by atoms with van der Waals surface area (Å²) in [5, 5.41) is 2.95. The van der Waals surface area contributed by atoms with Crippen molar-refractivity contribution in [2.45, 2.75) is 6.04 Å². The van der Waals surface area contributed by atoms with Crippen LogP contribution in [0.25, 0.3) is 17.2 Å². The molecule has 0 aliphatic rings. The van der Waals surface area contributed by atoms with Crippen LogP contribution in [0.2, 0.25) is 0 Å². The third-order valence-corrected chi connectivity index (χ3v) is 4.63. The topological polar surface area (TPSA) is 64.4 Å². The Morgan fingerprint density at radius 1 is 1.03 bits per heavy atom. The van der Waals surface area contributed by atoms with Gasteiger partial charge in [-0.2, -0.15) is 0 Å². The molecular formula is C24H19FN2O3. The first kappa shape index (κ1) is 19.4. The zero-order chi connectivity index (χ0) is 20.9. The Morgan fingerprint density at radius 3 is 2.37 bits per heavy atom. The molecular weight excluding hydrogens is 383 g/mol. The van der Waals surface area contributed by atoms with Gasteiger partial charge < -0.3 is 14.5 Å². The van der Waals surface area contributed by atoms with Crippen LogP contribution in [0.15, 0.2) is 83.3 Å². The smallest absolute Gasteiger partial charge is 0.244 e. The maximum Gasteiger partial charge on any atom is 0.244 e. The predicted molar refractivity (Wildman–Crippen MR) is 112 cm³/mol.